The first kappa shape index (κ1) is 12.8. The SMILES string of the molecule is CC(C)(C)CCNc1nc2ccc(Br)cc2s1. The van der Waals surface area contributed by atoms with Crippen LogP contribution in [0.25, 0.3) is 10.2 Å². The summed E-state index contributed by atoms with van der Waals surface area (Å²) in [6.07, 6.45) is 1.15. The van der Waals surface area contributed by atoms with Gasteiger partial charge in [-0.05, 0) is 30.0 Å². The maximum atomic E-state index is 4.56. The van der Waals surface area contributed by atoms with E-state index in [0.29, 0.717) is 5.41 Å². The highest BCUT2D eigenvalue weighted by atomic mass is 79.9. The summed E-state index contributed by atoms with van der Waals surface area (Å²) in [5, 5.41) is 4.42. The molecule has 0 spiro atoms. The fraction of sp³-hybridized carbons (Fsp3) is 0.462. The number of anilines is 1. The lowest BCUT2D eigenvalue weighted by atomic mass is 9.92. The van der Waals surface area contributed by atoms with Crippen LogP contribution in [-0.4, -0.2) is 11.5 Å². The second kappa shape index (κ2) is 4.94. The van der Waals surface area contributed by atoms with Gasteiger partial charge in [-0.25, -0.2) is 4.98 Å². The molecule has 0 aliphatic rings. The van der Waals surface area contributed by atoms with Gasteiger partial charge in [-0.1, -0.05) is 48.0 Å². The van der Waals surface area contributed by atoms with E-state index in [9.17, 15) is 0 Å². The number of benzene rings is 1. The van der Waals surface area contributed by atoms with Crippen LogP contribution in [0, 0.1) is 5.41 Å². The Bertz CT molecular complexity index is 514. The van der Waals surface area contributed by atoms with E-state index in [2.05, 4.69) is 53.1 Å². The topological polar surface area (TPSA) is 24.9 Å². The molecule has 2 nitrogen and oxygen atoms in total. The van der Waals surface area contributed by atoms with Crippen LogP contribution in [0.2, 0.25) is 0 Å². The first-order valence-electron chi connectivity index (χ1n) is 5.74. The molecule has 1 N–H and O–H groups in total. The van der Waals surface area contributed by atoms with Crippen LogP contribution in [0.5, 0.6) is 0 Å². The van der Waals surface area contributed by atoms with Gasteiger partial charge in [-0.3, -0.25) is 0 Å². The van der Waals surface area contributed by atoms with Gasteiger partial charge in [0, 0.05) is 11.0 Å². The Labute approximate surface area is 115 Å². The van der Waals surface area contributed by atoms with Crippen LogP contribution >= 0.6 is 27.3 Å². The molecule has 92 valence electrons. The third-order valence-electron chi connectivity index (χ3n) is 2.50. The summed E-state index contributed by atoms with van der Waals surface area (Å²) in [5.74, 6) is 0. The Hall–Kier alpha value is -0.610. The largest absolute Gasteiger partial charge is 0.361 e. The van der Waals surface area contributed by atoms with Crippen molar-refractivity contribution < 1.29 is 0 Å². The molecule has 0 saturated carbocycles. The van der Waals surface area contributed by atoms with E-state index in [1.807, 2.05) is 12.1 Å². The minimum absolute atomic E-state index is 0.368. The molecule has 0 bridgehead atoms. The quantitative estimate of drug-likeness (QED) is 0.871. The Morgan fingerprint density at radius 3 is 2.82 bits per heavy atom. The minimum Gasteiger partial charge on any atom is -0.361 e. The van der Waals surface area contributed by atoms with E-state index in [4.69, 9.17) is 0 Å². The van der Waals surface area contributed by atoms with E-state index in [0.717, 1.165) is 28.1 Å². The normalized spacial score (nSPS) is 12.0. The fourth-order valence-corrected chi connectivity index (χ4v) is 2.96. The lowest BCUT2D eigenvalue weighted by Gasteiger charge is -2.17. The third kappa shape index (κ3) is 3.68. The summed E-state index contributed by atoms with van der Waals surface area (Å²) in [6.45, 7) is 7.74. The van der Waals surface area contributed by atoms with Gasteiger partial charge in [0.25, 0.3) is 0 Å². The zero-order valence-electron chi connectivity index (χ0n) is 10.4. The van der Waals surface area contributed by atoms with Crippen molar-refractivity contribution in [1.82, 2.24) is 4.98 Å². The summed E-state index contributed by atoms with van der Waals surface area (Å²) in [6, 6.07) is 6.19. The fourth-order valence-electron chi connectivity index (χ4n) is 1.52. The second-order valence-electron chi connectivity index (χ2n) is 5.37. The molecular weight excluding hydrogens is 296 g/mol. The number of nitrogens with one attached hydrogen (secondary N) is 1. The average Bonchev–Trinajstić information content (AvgIpc) is 2.57. The number of aromatic nitrogens is 1. The summed E-state index contributed by atoms with van der Waals surface area (Å²) < 4.78 is 2.33. The van der Waals surface area contributed by atoms with Gasteiger partial charge in [0.05, 0.1) is 10.2 Å². The molecule has 0 fully saturated rings. The van der Waals surface area contributed by atoms with Gasteiger partial charge in [-0.2, -0.15) is 0 Å². The first-order valence-corrected chi connectivity index (χ1v) is 7.35. The smallest absolute Gasteiger partial charge is 0.183 e. The van der Waals surface area contributed by atoms with Gasteiger partial charge in [0.1, 0.15) is 0 Å². The number of halogens is 1. The van der Waals surface area contributed by atoms with Gasteiger partial charge in [0.15, 0.2) is 5.13 Å². The Morgan fingerprint density at radius 1 is 1.35 bits per heavy atom. The molecule has 1 heterocycles. The van der Waals surface area contributed by atoms with Gasteiger partial charge < -0.3 is 5.32 Å². The predicted molar refractivity (Wildman–Crippen MR) is 79.9 cm³/mol. The molecule has 1 aromatic heterocycles. The highest BCUT2D eigenvalue weighted by molar-refractivity contribution is 9.10. The molecule has 2 aromatic rings. The van der Waals surface area contributed by atoms with Crippen molar-refractivity contribution in [3.8, 4) is 0 Å². The van der Waals surface area contributed by atoms with Crippen LogP contribution in [-0.2, 0) is 0 Å². The number of hydrogen-bond acceptors (Lipinski definition) is 3. The number of nitrogens with zero attached hydrogens (tertiary/aromatic N) is 1. The highest BCUT2D eigenvalue weighted by Gasteiger charge is 2.10. The molecule has 0 amide bonds. The van der Waals surface area contributed by atoms with Crippen molar-refractivity contribution in [3.05, 3.63) is 22.7 Å². The summed E-state index contributed by atoms with van der Waals surface area (Å²) >= 11 is 5.19. The van der Waals surface area contributed by atoms with Crippen molar-refractivity contribution in [3.63, 3.8) is 0 Å². The number of fused-ring (bicyclic) bond motifs is 1. The standard InChI is InChI=1S/C13H17BrN2S/c1-13(2,3)6-7-15-12-16-10-5-4-9(14)8-11(10)17-12/h4-5,8H,6-7H2,1-3H3,(H,15,16). The molecule has 0 atom stereocenters. The monoisotopic (exact) mass is 312 g/mol. The number of hydrogen-bond donors (Lipinski definition) is 1. The van der Waals surface area contributed by atoms with Crippen LogP contribution in [0.1, 0.15) is 27.2 Å². The van der Waals surface area contributed by atoms with Crippen molar-refractivity contribution in [2.75, 3.05) is 11.9 Å². The molecule has 1 aromatic carbocycles. The van der Waals surface area contributed by atoms with Crippen LogP contribution in [0.15, 0.2) is 22.7 Å². The van der Waals surface area contributed by atoms with Crippen LogP contribution in [0.4, 0.5) is 5.13 Å². The Kier molecular flexibility index (Phi) is 3.73. The third-order valence-corrected chi connectivity index (χ3v) is 3.97. The molecule has 0 radical (unpaired) electrons. The van der Waals surface area contributed by atoms with Crippen molar-refractivity contribution in [1.29, 1.82) is 0 Å². The second-order valence-corrected chi connectivity index (χ2v) is 7.31. The van der Waals surface area contributed by atoms with E-state index in [-0.39, 0.29) is 0 Å². The Morgan fingerprint density at radius 2 is 2.12 bits per heavy atom. The lowest BCUT2D eigenvalue weighted by Crippen LogP contribution is -2.12. The zero-order chi connectivity index (χ0) is 12.5. The molecule has 0 unspecified atom stereocenters. The van der Waals surface area contributed by atoms with Crippen molar-refractivity contribution in [2.24, 2.45) is 5.41 Å². The summed E-state index contributed by atoms with van der Waals surface area (Å²) in [4.78, 5) is 4.56. The maximum absolute atomic E-state index is 4.56. The summed E-state index contributed by atoms with van der Waals surface area (Å²) in [7, 11) is 0. The molecule has 2 rings (SSSR count). The zero-order valence-corrected chi connectivity index (χ0v) is 12.8. The van der Waals surface area contributed by atoms with E-state index in [1.165, 1.54) is 4.70 Å². The van der Waals surface area contributed by atoms with E-state index < -0.39 is 0 Å². The summed E-state index contributed by atoms with van der Waals surface area (Å²) in [5.41, 5.74) is 1.43. The molecule has 4 heteroatoms. The molecule has 0 saturated heterocycles. The first-order chi connectivity index (χ1) is 7.94. The lowest BCUT2D eigenvalue weighted by molar-refractivity contribution is 0.390. The maximum Gasteiger partial charge on any atom is 0.183 e. The molecule has 0 aliphatic heterocycles. The Balaban J connectivity index is 2.05. The molecular formula is C13H17BrN2S. The van der Waals surface area contributed by atoms with Gasteiger partial charge in [0.2, 0.25) is 0 Å². The minimum atomic E-state index is 0.368. The van der Waals surface area contributed by atoms with Crippen molar-refractivity contribution >= 4 is 42.6 Å². The molecule has 17 heavy (non-hydrogen) atoms. The van der Waals surface area contributed by atoms with Crippen LogP contribution < -0.4 is 5.32 Å². The van der Waals surface area contributed by atoms with Crippen molar-refractivity contribution in [2.45, 2.75) is 27.2 Å². The highest BCUT2D eigenvalue weighted by Crippen LogP contribution is 2.28. The molecule has 0 aliphatic carbocycles. The number of rotatable bonds is 3. The predicted octanol–water partition coefficient (Wildman–Crippen LogP) is 4.91. The van der Waals surface area contributed by atoms with Gasteiger partial charge in [-0.15, -0.1) is 0 Å². The number of thiazole rings is 1. The van der Waals surface area contributed by atoms with E-state index in [1.54, 1.807) is 11.3 Å². The van der Waals surface area contributed by atoms with Crippen LogP contribution in [0.3, 0.4) is 0 Å². The average molecular weight is 313 g/mol. The van der Waals surface area contributed by atoms with Gasteiger partial charge >= 0.3 is 0 Å². The van der Waals surface area contributed by atoms with E-state index >= 15 is 0 Å².